The van der Waals surface area contributed by atoms with E-state index in [1.807, 2.05) is 39.8 Å². The largest absolute Gasteiger partial charge is 0.382 e. The van der Waals surface area contributed by atoms with E-state index >= 15 is 0 Å². The number of rotatable bonds is 4. The third kappa shape index (κ3) is 2.63. The molecule has 4 aromatic rings. The van der Waals surface area contributed by atoms with Crippen LogP contribution in [0, 0.1) is 5.92 Å². The summed E-state index contributed by atoms with van der Waals surface area (Å²) in [5.41, 5.74) is 10.8. The average molecular weight is 333 g/mol. The highest BCUT2D eigenvalue weighted by Crippen LogP contribution is 2.34. The Kier molecular flexibility index (Phi) is 3.68. The highest BCUT2D eigenvalue weighted by Gasteiger charge is 2.19. The van der Waals surface area contributed by atoms with Gasteiger partial charge in [-0.2, -0.15) is 10.2 Å². The molecule has 0 atom stereocenters. The van der Waals surface area contributed by atoms with Crippen LogP contribution in [0.4, 0.5) is 5.82 Å². The number of hydrogen-bond acceptors (Lipinski definition) is 5. The number of aromatic nitrogens is 6. The maximum absolute atomic E-state index is 6.19. The second-order valence-corrected chi connectivity index (χ2v) is 6.38. The van der Waals surface area contributed by atoms with E-state index in [0.29, 0.717) is 11.7 Å². The SMILES string of the molecule is CC(C)Cn1nccc1-c1cc(-c2cccnc2)n2ncnc(N)c12. The Morgan fingerprint density at radius 3 is 2.76 bits per heavy atom. The molecule has 7 nitrogen and oxygen atoms in total. The van der Waals surface area contributed by atoms with Crippen LogP contribution >= 0.6 is 0 Å². The first-order valence-electron chi connectivity index (χ1n) is 8.20. The molecule has 4 rings (SSSR count). The summed E-state index contributed by atoms with van der Waals surface area (Å²) >= 11 is 0. The van der Waals surface area contributed by atoms with Gasteiger partial charge in [-0.1, -0.05) is 13.8 Å². The standard InChI is InChI=1S/C18H19N7/c1-12(2)10-24-15(5-7-22-24)14-8-16(13-4-3-6-20-9-13)25-17(14)18(19)21-11-23-25/h3-9,11-12H,10H2,1-2H3,(H2,19,21,23). The number of nitrogens with two attached hydrogens (primary N) is 1. The molecule has 2 N–H and O–H groups in total. The fraction of sp³-hybridized carbons (Fsp3) is 0.222. The lowest BCUT2D eigenvalue weighted by molar-refractivity contribution is 0.487. The Hall–Kier alpha value is -3.22. The second kappa shape index (κ2) is 6.01. The van der Waals surface area contributed by atoms with Gasteiger partial charge in [0.1, 0.15) is 11.8 Å². The third-order valence-electron chi connectivity index (χ3n) is 4.07. The number of anilines is 1. The summed E-state index contributed by atoms with van der Waals surface area (Å²) < 4.78 is 3.82. The number of nitrogens with zero attached hydrogens (tertiary/aromatic N) is 6. The lowest BCUT2D eigenvalue weighted by Crippen LogP contribution is -2.07. The Labute approximate surface area is 145 Å². The summed E-state index contributed by atoms with van der Waals surface area (Å²) in [6.45, 7) is 5.17. The van der Waals surface area contributed by atoms with Crippen molar-refractivity contribution in [2.75, 3.05) is 5.73 Å². The fourth-order valence-corrected chi connectivity index (χ4v) is 3.04. The molecule has 0 spiro atoms. The van der Waals surface area contributed by atoms with Crippen molar-refractivity contribution in [1.29, 1.82) is 0 Å². The minimum atomic E-state index is 0.442. The lowest BCUT2D eigenvalue weighted by atomic mass is 10.1. The van der Waals surface area contributed by atoms with E-state index < -0.39 is 0 Å². The molecule has 0 amide bonds. The van der Waals surface area contributed by atoms with E-state index in [9.17, 15) is 0 Å². The molecule has 0 aromatic carbocycles. The summed E-state index contributed by atoms with van der Waals surface area (Å²) in [4.78, 5) is 8.39. The highest BCUT2D eigenvalue weighted by molar-refractivity contribution is 5.90. The fourth-order valence-electron chi connectivity index (χ4n) is 3.04. The average Bonchev–Trinajstić information content (AvgIpc) is 3.20. The van der Waals surface area contributed by atoms with E-state index in [-0.39, 0.29) is 0 Å². The summed E-state index contributed by atoms with van der Waals surface area (Å²) in [6.07, 6.45) is 6.85. The maximum Gasteiger partial charge on any atom is 0.152 e. The molecule has 0 aliphatic carbocycles. The molecule has 0 saturated carbocycles. The van der Waals surface area contributed by atoms with Crippen LogP contribution in [-0.4, -0.2) is 29.4 Å². The molecule has 7 heteroatoms. The van der Waals surface area contributed by atoms with Crippen molar-refractivity contribution in [2.24, 2.45) is 5.92 Å². The Morgan fingerprint density at radius 2 is 2.00 bits per heavy atom. The van der Waals surface area contributed by atoms with Crippen molar-refractivity contribution in [1.82, 2.24) is 29.4 Å². The van der Waals surface area contributed by atoms with E-state index in [4.69, 9.17) is 5.73 Å². The van der Waals surface area contributed by atoms with Gasteiger partial charge >= 0.3 is 0 Å². The van der Waals surface area contributed by atoms with Crippen LogP contribution in [0.15, 0.2) is 49.2 Å². The summed E-state index contributed by atoms with van der Waals surface area (Å²) in [5, 5.41) is 8.87. The zero-order chi connectivity index (χ0) is 17.4. The van der Waals surface area contributed by atoms with Gasteiger partial charge in [0, 0.05) is 36.3 Å². The minimum Gasteiger partial charge on any atom is -0.382 e. The van der Waals surface area contributed by atoms with E-state index in [1.54, 1.807) is 6.20 Å². The van der Waals surface area contributed by atoms with Crippen LogP contribution in [0.1, 0.15) is 13.8 Å². The zero-order valence-electron chi connectivity index (χ0n) is 14.2. The second-order valence-electron chi connectivity index (χ2n) is 6.38. The Bertz CT molecular complexity index is 1010. The van der Waals surface area contributed by atoms with Crippen LogP contribution in [0.3, 0.4) is 0 Å². The number of fused-ring (bicyclic) bond motifs is 1. The van der Waals surface area contributed by atoms with E-state index in [0.717, 1.165) is 34.6 Å². The van der Waals surface area contributed by atoms with Crippen molar-refractivity contribution in [3.8, 4) is 22.5 Å². The van der Waals surface area contributed by atoms with Crippen molar-refractivity contribution in [2.45, 2.75) is 20.4 Å². The van der Waals surface area contributed by atoms with Crippen LogP contribution in [0.25, 0.3) is 28.0 Å². The predicted molar refractivity (Wildman–Crippen MR) is 96.7 cm³/mol. The Balaban J connectivity index is 1.98. The molecular weight excluding hydrogens is 314 g/mol. The van der Waals surface area contributed by atoms with Gasteiger partial charge in [-0.15, -0.1) is 0 Å². The minimum absolute atomic E-state index is 0.442. The smallest absolute Gasteiger partial charge is 0.152 e. The lowest BCUT2D eigenvalue weighted by Gasteiger charge is -2.09. The van der Waals surface area contributed by atoms with Gasteiger partial charge in [0.25, 0.3) is 0 Å². The van der Waals surface area contributed by atoms with Crippen molar-refractivity contribution in [3.63, 3.8) is 0 Å². The third-order valence-corrected chi connectivity index (χ3v) is 4.07. The van der Waals surface area contributed by atoms with Crippen molar-refractivity contribution < 1.29 is 0 Å². The van der Waals surface area contributed by atoms with Crippen LogP contribution in [0.5, 0.6) is 0 Å². The molecule has 4 aromatic heterocycles. The van der Waals surface area contributed by atoms with Gasteiger partial charge < -0.3 is 5.73 Å². The summed E-state index contributed by atoms with van der Waals surface area (Å²) in [5.74, 6) is 0.927. The van der Waals surface area contributed by atoms with Gasteiger partial charge in [0.05, 0.1) is 11.4 Å². The Morgan fingerprint density at radius 1 is 1.12 bits per heavy atom. The topological polar surface area (TPSA) is 86.9 Å². The van der Waals surface area contributed by atoms with Crippen molar-refractivity contribution in [3.05, 3.63) is 49.2 Å². The first-order chi connectivity index (χ1) is 12.1. The van der Waals surface area contributed by atoms with Crippen LogP contribution in [0.2, 0.25) is 0 Å². The zero-order valence-corrected chi connectivity index (χ0v) is 14.2. The monoisotopic (exact) mass is 333 g/mol. The van der Waals surface area contributed by atoms with Gasteiger partial charge in [0.15, 0.2) is 5.82 Å². The quantitative estimate of drug-likeness (QED) is 0.620. The molecule has 0 radical (unpaired) electrons. The van der Waals surface area contributed by atoms with Gasteiger partial charge in [-0.05, 0) is 30.2 Å². The molecular formula is C18H19N7. The number of hydrogen-bond donors (Lipinski definition) is 1. The molecule has 0 bridgehead atoms. The number of pyridine rings is 1. The first-order valence-corrected chi connectivity index (χ1v) is 8.20. The van der Waals surface area contributed by atoms with Gasteiger partial charge in [0.2, 0.25) is 0 Å². The van der Waals surface area contributed by atoms with E-state index in [2.05, 4.69) is 40.1 Å². The van der Waals surface area contributed by atoms with Crippen molar-refractivity contribution >= 4 is 11.3 Å². The number of nitrogen functional groups attached to an aromatic ring is 1. The normalized spacial score (nSPS) is 11.5. The van der Waals surface area contributed by atoms with Gasteiger partial charge in [-0.25, -0.2) is 9.50 Å². The van der Waals surface area contributed by atoms with Crippen LogP contribution in [-0.2, 0) is 6.54 Å². The molecule has 126 valence electrons. The summed E-state index contributed by atoms with van der Waals surface area (Å²) in [6, 6.07) is 7.98. The van der Waals surface area contributed by atoms with E-state index in [1.165, 1.54) is 6.33 Å². The molecule has 0 unspecified atom stereocenters. The molecule has 0 fully saturated rings. The molecule has 4 heterocycles. The molecule has 0 aliphatic heterocycles. The van der Waals surface area contributed by atoms with Gasteiger partial charge in [-0.3, -0.25) is 9.67 Å². The highest BCUT2D eigenvalue weighted by atomic mass is 15.3. The molecule has 0 aliphatic rings. The summed E-state index contributed by atoms with van der Waals surface area (Å²) in [7, 11) is 0. The van der Waals surface area contributed by atoms with Crippen LogP contribution < -0.4 is 5.73 Å². The maximum atomic E-state index is 6.19. The molecule has 0 saturated heterocycles. The molecule has 25 heavy (non-hydrogen) atoms. The first kappa shape index (κ1) is 15.3. The predicted octanol–water partition coefficient (Wildman–Crippen LogP) is 2.89.